The van der Waals surface area contributed by atoms with Gasteiger partial charge in [0.1, 0.15) is 11.3 Å². The summed E-state index contributed by atoms with van der Waals surface area (Å²) in [6, 6.07) is 7.09. The molecule has 3 aromatic rings. The van der Waals surface area contributed by atoms with Gasteiger partial charge in [0.15, 0.2) is 0 Å². The predicted octanol–water partition coefficient (Wildman–Crippen LogP) is 1.72. The molecule has 2 heterocycles. The van der Waals surface area contributed by atoms with Crippen molar-refractivity contribution >= 4 is 16.9 Å². The number of carbonyl (C=O) groups excluding carboxylic acids is 1. The lowest BCUT2D eigenvalue weighted by Gasteiger charge is -2.18. The Kier molecular flexibility index (Phi) is 4.12. The number of hydrogen-bond acceptors (Lipinski definition) is 4. The zero-order valence-corrected chi connectivity index (χ0v) is 13.3. The van der Waals surface area contributed by atoms with Gasteiger partial charge in [-0.05, 0) is 25.1 Å². The number of aromatic amines is 1. The molecule has 0 bridgehead atoms. The van der Waals surface area contributed by atoms with Crippen LogP contribution >= 0.6 is 0 Å². The van der Waals surface area contributed by atoms with E-state index in [1.54, 1.807) is 24.1 Å². The Morgan fingerprint density at radius 2 is 2.26 bits per heavy atom. The molecule has 7 heteroatoms. The van der Waals surface area contributed by atoms with Gasteiger partial charge in [0.25, 0.3) is 5.91 Å². The van der Waals surface area contributed by atoms with Gasteiger partial charge in [-0.2, -0.15) is 5.10 Å². The molecule has 0 saturated carbocycles. The van der Waals surface area contributed by atoms with Crippen LogP contribution in [-0.2, 0) is 11.8 Å². The molecule has 0 saturated heterocycles. The first-order chi connectivity index (χ1) is 11.1. The SMILES string of the molecule is COC[C@@H](NC(=O)c1cccc2[nH]c(C)nc12)c1ccnn1C. The molecule has 0 aliphatic heterocycles. The molecule has 120 valence electrons. The Bertz CT molecular complexity index is 836. The van der Waals surface area contributed by atoms with E-state index >= 15 is 0 Å². The molecular formula is C16H19N5O2. The summed E-state index contributed by atoms with van der Waals surface area (Å²) in [6.45, 7) is 2.23. The number of fused-ring (bicyclic) bond motifs is 1. The van der Waals surface area contributed by atoms with Crippen molar-refractivity contribution in [2.24, 2.45) is 7.05 Å². The zero-order valence-electron chi connectivity index (χ0n) is 13.3. The highest BCUT2D eigenvalue weighted by atomic mass is 16.5. The van der Waals surface area contributed by atoms with Gasteiger partial charge in [-0.25, -0.2) is 4.98 Å². The predicted molar refractivity (Wildman–Crippen MR) is 86.1 cm³/mol. The highest BCUT2D eigenvalue weighted by molar-refractivity contribution is 6.05. The second-order valence-electron chi connectivity index (χ2n) is 5.39. The molecule has 0 unspecified atom stereocenters. The molecule has 7 nitrogen and oxygen atoms in total. The lowest BCUT2D eigenvalue weighted by molar-refractivity contribution is 0.0894. The highest BCUT2D eigenvalue weighted by Gasteiger charge is 2.20. The smallest absolute Gasteiger partial charge is 0.254 e. The molecule has 1 atom stereocenters. The van der Waals surface area contributed by atoms with Gasteiger partial charge < -0.3 is 15.0 Å². The van der Waals surface area contributed by atoms with Gasteiger partial charge >= 0.3 is 0 Å². The van der Waals surface area contributed by atoms with E-state index in [1.807, 2.05) is 32.2 Å². The lowest BCUT2D eigenvalue weighted by Crippen LogP contribution is -2.32. The Hall–Kier alpha value is -2.67. The topological polar surface area (TPSA) is 84.8 Å². The number of carbonyl (C=O) groups is 1. The molecule has 2 aromatic heterocycles. The fourth-order valence-electron chi connectivity index (χ4n) is 2.67. The van der Waals surface area contributed by atoms with E-state index in [9.17, 15) is 4.79 Å². The van der Waals surface area contributed by atoms with Crippen molar-refractivity contribution in [1.29, 1.82) is 0 Å². The molecule has 1 amide bonds. The van der Waals surface area contributed by atoms with Crippen molar-refractivity contribution in [3.05, 3.63) is 47.5 Å². The lowest BCUT2D eigenvalue weighted by atomic mass is 10.1. The number of rotatable bonds is 5. The largest absolute Gasteiger partial charge is 0.382 e. The van der Waals surface area contributed by atoms with E-state index in [4.69, 9.17) is 4.74 Å². The van der Waals surface area contributed by atoms with E-state index in [2.05, 4.69) is 20.4 Å². The van der Waals surface area contributed by atoms with Crippen molar-refractivity contribution < 1.29 is 9.53 Å². The first-order valence-corrected chi connectivity index (χ1v) is 7.33. The fourth-order valence-corrected chi connectivity index (χ4v) is 2.67. The molecule has 0 aliphatic carbocycles. The first kappa shape index (κ1) is 15.2. The standard InChI is InChI=1S/C16H19N5O2/c1-10-18-12-6-4-5-11(15(12)19-10)16(22)20-13(9-23-3)14-7-8-17-21(14)2/h4-8,13H,9H2,1-3H3,(H,18,19)(H,20,22)/t13-/m1/s1. The minimum absolute atomic E-state index is 0.189. The van der Waals surface area contributed by atoms with Gasteiger partial charge in [-0.15, -0.1) is 0 Å². The normalized spacial score (nSPS) is 12.5. The zero-order chi connectivity index (χ0) is 16.4. The summed E-state index contributed by atoms with van der Waals surface area (Å²) in [5.41, 5.74) is 2.93. The van der Waals surface area contributed by atoms with E-state index in [1.165, 1.54) is 0 Å². The van der Waals surface area contributed by atoms with Gasteiger partial charge in [-0.3, -0.25) is 9.48 Å². The number of amides is 1. The number of hydrogen-bond donors (Lipinski definition) is 2. The third-order valence-electron chi connectivity index (χ3n) is 3.73. The van der Waals surface area contributed by atoms with Gasteiger partial charge in [0.2, 0.25) is 0 Å². The van der Waals surface area contributed by atoms with Crippen LogP contribution < -0.4 is 5.32 Å². The van der Waals surface area contributed by atoms with Crippen molar-refractivity contribution in [3.63, 3.8) is 0 Å². The summed E-state index contributed by atoms with van der Waals surface area (Å²) < 4.78 is 6.96. The van der Waals surface area contributed by atoms with Gasteiger partial charge in [-0.1, -0.05) is 6.07 Å². The van der Waals surface area contributed by atoms with Crippen molar-refractivity contribution in [2.75, 3.05) is 13.7 Å². The molecule has 23 heavy (non-hydrogen) atoms. The van der Waals surface area contributed by atoms with Crippen molar-refractivity contribution in [1.82, 2.24) is 25.1 Å². The molecule has 0 fully saturated rings. The summed E-state index contributed by atoms with van der Waals surface area (Å²) >= 11 is 0. The molecule has 0 spiro atoms. The molecule has 3 rings (SSSR count). The molecule has 0 radical (unpaired) electrons. The minimum Gasteiger partial charge on any atom is -0.382 e. The minimum atomic E-state index is -0.282. The van der Waals surface area contributed by atoms with Crippen LogP contribution in [0.15, 0.2) is 30.5 Å². The number of nitrogens with one attached hydrogen (secondary N) is 2. The van der Waals surface area contributed by atoms with Crippen molar-refractivity contribution in [3.8, 4) is 0 Å². The average Bonchev–Trinajstić information content (AvgIpc) is 3.10. The first-order valence-electron chi connectivity index (χ1n) is 7.33. The van der Waals surface area contributed by atoms with Crippen LogP contribution in [0.5, 0.6) is 0 Å². The van der Waals surface area contributed by atoms with Crippen LogP contribution in [-0.4, -0.2) is 39.4 Å². The second-order valence-corrected chi connectivity index (χ2v) is 5.39. The Morgan fingerprint density at radius 3 is 2.96 bits per heavy atom. The number of ether oxygens (including phenoxy) is 1. The molecule has 0 aliphatic rings. The number of benzene rings is 1. The maximum Gasteiger partial charge on any atom is 0.254 e. The van der Waals surface area contributed by atoms with E-state index in [-0.39, 0.29) is 11.9 Å². The third-order valence-corrected chi connectivity index (χ3v) is 3.73. The van der Waals surface area contributed by atoms with Crippen LogP contribution in [0.4, 0.5) is 0 Å². The van der Waals surface area contributed by atoms with Crippen LogP contribution in [0.2, 0.25) is 0 Å². The second kappa shape index (κ2) is 6.21. The number of nitrogens with zero attached hydrogens (tertiary/aromatic N) is 3. The fraction of sp³-hybridized carbons (Fsp3) is 0.312. The number of imidazole rings is 1. The number of H-pyrrole nitrogens is 1. The van der Waals surface area contributed by atoms with Crippen molar-refractivity contribution in [2.45, 2.75) is 13.0 Å². The van der Waals surface area contributed by atoms with E-state index in [0.717, 1.165) is 17.0 Å². The summed E-state index contributed by atoms with van der Waals surface area (Å²) in [7, 11) is 3.44. The maximum atomic E-state index is 12.7. The number of methoxy groups -OCH3 is 1. The average molecular weight is 313 g/mol. The summed E-state index contributed by atoms with van der Waals surface area (Å²) in [4.78, 5) is 20.3. The van der Waals surface area contributed by atoms with E-state index < -0.39 is 0 Å². The summed E-state index contributed by atoms with van der Waals surface area (Å²) in [6.07, 6.45) is 1.70. The number of para-hydroxylation sites is 1. The van der Waals surface area contributed by atoms with Crippen LogP contribution in [0.1, 0.15) is 27.9 Å². The number of aromatic nitrogens is 4. The number of aryl methyl sites for hydroxylation is 2. The van der Waals surface area contributed by atoms with Gasteiger partial charge in [0, 0.05) is 20.4 Å². The molecular weight excluding hydrogens is 294 g/mol. The third kappa shape index (κ3) is 2.95. The van der Waals surface area contributed by atoms with Crippen LogP contribution in [0.25, 0.3) is 11.0 Å². The van der Waals surface area contributed by atoms with Crippen LogP contribution in [0, 0.1) is 6.92 Å². The van der Waals surface area contributed by atoms with E-state index in [0.29, 0.717) is 17.7 Å². The quantitative estimate of drug-likeness (QED) is 0.751. The highest BCUT2D eigenvalue weighted by Crippen LogP contribution is 2.18. The monoisotopic (exact) mass is 313 g/mol. The Morgan fingerprint density at radius 1 is 1.43 bits per heavy atom. The van der Waals surface area contributed by atoms with Gasteiger partial charge in [0.05, 0.1) is 29.4 Å². The Balaban J connectivity index is 1.90. The molecule has 2 N–H and O–H groups in total. The summed E-state index contributed by atoms with van der Waals surface area (Å²) in [5.74, 6) is 0.589. The molecule has 1 aromatic carbocycles. The Labute approximate surface area is 133 Å². The van der Waals surface area contributed by atoms with Crippen LogP contribution in [0.3, 0.4) is 0 Å². The maximum absolute atomic E-state index is 12.7. The summed E-state index contributed by atoms with van der Waals surface area (Å²) in [5, 5.41) is 7.15.